The molecule has 0 fully saturated rings. The maximum atomic E-state index is 11.6. The van der Waals surface area contributed by atoms with Crippen molar-refractivity contribution in [3.8, 4) is 0 Å². The van der Waals surface area contributed by atoms with Gasteiger partial charge in [0.15, 0.2) is 0 Å². The molecule has 98 valence electrons. The lowest BCUT2D eigenvalue weighted by atomic mass is 9.77. The van der Waals surface area contributed by atoms with Crippen LogP contribution in [0.25, 0.3) is 0 Å². The number of ether oxygens (including phenoxy) is 3. The largest absolute Gasteiger partial charge is 0.469 e. The third-order valence-corrected chi connectivity index (χ3v) is 2.67. The second-order valence-electron chi connectivity index (χ2n) is 4.07. The number of hydrogen-bond donors (Lipinski definition) is 0. The van der Waals surface area contributed by atoms with Crippen LogP contribution in [0.5, 0.6) is 0 Å². The second-order valence-corrected chi connectivity index (χ2v) is 4.07. The van der Waals surface area contributed by atoms with E-state index in [1.165, 1.54) is 35.2 Å². The summed E-state index contributed by atoms with van der Waals surface area (Å²) < 4.78 is 13.7. The zero-order chi connectivity index (χ0) is 13.6. The average molecular weight is 246 g/mol. The topological polar surface area (TPSA) is 78.9 Å². The minimum absolute atomic E-state index is 0.231. The number of carbonyl (C=O) groups excluding carboxylic acids is 3. The van der Waals surface area contributed by atoms with Gasteiger partial charge in [-0.2, -0.15) is 0 Å². The molecule has 0 aliphatic heterocycles. The van der Waals surface area contributed by atoms with Crippen LogP contribution in [0, 0.1) is 11.3 Å². The monoisotopic (exact) mass is 246 g/mol. The summed E-state index contributed by atoms with van der Waals surface area (Å²) in [6, 6.07) is 0. The first-order valence-electron chi connectivity index (χ1n) is 5.04. The third-order valence-electron chi connectivity index (χ3n) is 2.67. The van der Waals surface area contributed by atoms with Gasteiger partial charge in [-0.1, -0.05) is 0 Å². The lowest BCUT2D eigenvalue weighted by molar-refractivity contribution is -0.167. The van der Waals surface area contributed by atoms with E-state index in [9.17, 15) is 14.4 Å². The smallest absolute Gasteiger partial charge is 0.312 e. The fourth-order valence-electron chi connectivity index (χ4n) is 1.43. The summed E-state index contributed by atoms with van der Waals surface area (Å²) in [7, 11) is 3.62. The molecule has 0 saturated heterocycles. The fraction of sp³-hybridized carbons (Fsp3) is 0.727. The lowest BCUT2D eigenvalue weighted by Gasteiger charge is -2.28. The summed E-state index contributed by atoms with van der Waals surface area (Å²) in [5.41, 5.74) is -1.16. The Kier molecular flexibility index (Phi) is 5.64. The Hall–Kier alpha value is -1.59. The van der Waals surface area contributed by atoms with E-state index in [1.54, 1.807) is 0 Å². The molecule has 6 nitrogen and oxygen atoms in total. The standard InChI is InChI=1S/C11H18O6/c1-11(2,10(14)17-5)7(9(13)16-4)6-8(12)15-3/h7H,6H2,1-5H3. The predicted octanol–water partition coefficient (Wildman–Crippen LogP) is 0.538. The van der Waals surface area contributed by atoms with E-state index in [1.807, 2.05) is 0 Å². The number of carbonyl (C=O) groups is 3. The molecule has 0 heterocycles. The van der Waals surface area contributed by atoms with E-state index in [-0.39, 0.29) is 6.42 Å². The van der Waals surface area contributed by atoms with Crippen LogP contribution in [-0.4, -0.2) is 39.2 Å². The SMILES string of the molecule is COC(=O)CC(C(=O)OC)C(C)(C)C(=O)OC. The number of esters is 3. The maximum absolute atomic E-state index is 11.6. The van der Waals surface area contributed by atoms with E-state index < -0.39 is 29.2 Å². The second kappa shape index (κ2) is 6.22. The molecule has 1 atom stereocenters. The van der Waals surface area contributed by atoms with Crippen LogP contribution in [0.2, 0.25) is 0 Å². The molecule has 0 aromatic carbocycles. The Morgan fingerprint density at radius 1 is 1.00 bits per heavy atom. The van der Waals surface area contributed by atoms with Gasteiger partial charge in [-0.15, -0.1) is 0 Å². The molecule has 0 radical (unpaired) electrons. The Bertz CT molecular complexity index is 307. The zero-order valence-corrected chi connectivity index (χ0v) is 10.7. The molecule has 0 bridgehead atoms. The highest BCUT2D eigenvalue weighted by molar-refractivity contribution is 5.87. The fourth-order valence-corrected chi connectivity index (χ4v) is 1.43. The molecule has 1 unspecified atom stereocenters. The molecule has 0 aliphatic rings. The summed E-state index contributed by atoms with van der Waals surface area (Å²) >= 11 is 0. The van der Waals surface area contributed by atoms with Crippen molar-refractivity contribution < 1.29 is 28.6 Å². The molecule has 17 heavy (non-hydrogen) atoms. The van der Waals surface area contributed by atoms with Crippen LogP contribution in [0.1, 0.15) is 20.3 Å². The van der Waals surface area contributed by atoms with Gasteiger partial charge in [0.1, 0.15) is 0 Å². The molecule has 0 saturated carbocycles. The van der Waals surface area contributed by atoms with Crippen molar-refractivity contribution >= 4 is 17.9 Å². The van der Waals surface area contributed by atoms with Gasteiger partial charge in [0, 0.05) is 0 Å². The third kappa shape index (κ3) is 3.72. The number of hydrogen-bond acceptors (Lipinski definition) is 6. The van der Waals surface area contributed by atoms with Gasteiger partial charge in [-0.3, -0.25) is 14.4 Å². The van der Waals surface area contributed by atoms with Crippen molar-refractivity contribution in [2.24, 2.45) is 11.3 Å². The summed E-state index contributed by atoms with van der Waals surface area (Å²) in [4.78, 5) is 34.4. The molecule has 0 spiro atoms. The van der Waals surface area contributed by atoms with Crippen molar-refractivity contribution in [3.05, 3.63) is 0 Å². The quantitative estimate of drug-likeness (QED) is 0.520. The van der Waals surface area contributed by atoms with Crippen molar-refractivity contribution in [2.45, 2.75) is 20.3 Å². The average Bonchev–Trinajstić information content (AvgIpc) is 2.32. The van der Waals surface area contributed by atoms with Gasteiger partial charge in [0.25, 0.3) is 0 Å². The van der Waals surface area contributed by atoms with Crippen LogP contribution in [0.3, 0.4) is 0 Å². The summed E-state index contributed by atoms with van der Waals surface area (Å²) in [6.45, 7) is 3.03. The molecule has 0 aliphatic carbocycles. The van der Waals surface area contributed by atoms with Crippen LogP contribution >= 0.6 is 0 Å². The minimum Gasteiger partial charge on any atom is -0.469 e. The van der Waals surface area contributed by atoms with E-state index in [0.717, 1.165) is 0 Å². The van der Waals surface area contributed by atoms with Crippen molar-refractivity contribution in [1.82, 2.24) is 0 Å². The van der Waals surface area contributed by atoms with Gasteiger partial charge in [0.05, 0.1) is 39.1 Å². The van der Waals surface area contributed by atoms with Crippen molar-refractivity contribution in [3.63, 3.8) is 0 Å². The molecule has 0 amide bonds. The maximum Gasteiger partial charge on any atom is 0.312 e. The first kappa shape index (κ1) is 15.4. The Labute approximate surface area is 100 Å². The first-order chi connectivity index (χ1) is 7.81. The van der Waals surface area contributed by atoms with Crippen molar-refractivity contribution in [2.75, 3.05) is 21.3 Å². The lowest BCUT2D eigenvalue weighted by Crippen LogP contribution is -2.40. The highest BCUT2D eigenvalue weighted by Gasteiger charge is 2.44. The van der Waals surface area contributed by atoms with Gasteiger partial charge in [-0.05, 0) is 13.8 Å². The summed E-state index contributed by atoms with van der Waals surface area (Å²) in [5.74, 6) is -2.76. The molecule has 0 rings (SSSR count). The highest BCUT2D eigenvalue weighted by Crippen LogP contribution is 2.32. The summed E-state index contributed by atoms with van der Waals surface area (Å²) in [5, 5.41) is 0. The van der Waals surface area contributed by atoms with Gasteiger partial charge in [0.2, 0.25) is 0 Å². The molecule has 0 aromatic heterocycles. The number of rotatable bonds is 5. The predicted molar refractivity (Wildman–Crippen MR) is 57.9 cm³/mol. The Balaban J connectivity index is 5.10. The van der Waals surface area contributed by atoms with Crippen LogP contribution < -0.4 is 0 Å². The van der Waals surface area contributed by atoms with E-state index in [4.69, 9.17) is 0 Å². The van der Waals surface area contributed by atoms with Crippen LogP contribution in [-0.2, 0) is 28.6 Å². The van der Waals surface area contributed by atoms with Gasteiger partial charge >= 0.3 is 17.9 Å². The van der Waals surface area contributed by atoms with E-state index in [0.29, 0.717) is 0 Å². The normalized spacial score (nSPS) is 12.5. The van der Waals surface area contributed by atoms with E-state index in [2.05, 4.69) is 14.2 Å². The Morgan fingerprint density at radius 2 is 1.53 bits per heavy atom. The van der Waals surface area contributed by atoms with Crippen LogP contribution in [0.15, 0.2) is 0 Å². The molecule has 0 N–H and O–H groups in total. The molecular weight excluding hydrogens is 228 g/mol. The zero-order valence-electron chi connectivity index (χ0n) is 10.7. The number of methoxy groups -OCH3 is 3. The Morgan fingerprint density at radius 3 is 1.88 bits per heavy atom. The van der Waals surface area contributed by atoms with Crippen molar-refractivity contribution in [1.29, 1.82) is 0 Å². The summed E-state index contributed by atoms with van der Waals surface area (Å²) in [6.07, 6.45) is -0.231. The van der Waals surface area contributed by atoms with Gasteiger partial charge < -0.3 is 14.2 Å². The van der Waals surface area contributed by atoms with Gasteiger partial charge in [-0.25, -0.2) is 0 Å². The first-order valence-corrected chi connectivity index (χ1v) is 5.04. The highest BCUT2D eigenvalue weighted by atomic mass is 16.5. The molecule has 6 heteroatoms. The molecule has 0 aromatic rings. The van der Waals surface area contributed by atoms with E-state index >= 15 is 0 Å². The van der Waals surface area contributed by atoms with Crippen LogP contribution in [0.4, 0.5) is 0 Å². The minimum atomic E-state index is -1.16. The molecular formula is C11H18O6.